The molecule has 3 rings (SSSR count). The minimum absolute atomic E-state index is 0.249. The summed E-state index contributed by atoms with van der Waals surface area (Å²) >= 11 is 7.72. The van der Waals surface area contributed by atoms with Crippen molar-refractivity contribution < 1.29 is 0 Å². The van der Waals surface area contributed by atoms with Crippen molar-refractivity contribution >= 4 is 28.5 Å². The van der Waals surface area contributed by atoms with Crippen LogP contribution in [0.5, 0.6) is 0 Å². The molecule has 0 bridgehead atoms. The fourth-order valence-electron chi connectivity index (χ4n) is 2.81. The Labute approximate surface area is 139 Å². The standard InChI is InChI=1S/C15H18ClN5S/c1-17-15(22-2)20-8-4-7-14(20)13-10-21(19-18-13)12-6-3-5-11(16)9-12/h3,5-6,9-10,14H,4,7-8H2,1-2H3/b17-15-/t14-/m1/s1. The van der Waals surface area contributed by atoms with Gasteiger partial charge in [0.15, 0.2) is 5.17 Å². The van der Waals surface area contributed by atoms with Crippen LogP contribution in [0.15, 0.2) is 35.5 Å². The van der Waals surface area contributed by atoms with Crippen LogP contribution in [0.3, 0.4) is 0 Å². The summed E-state index contributed by atoms with van der Waals surface area (Å²) < 4.78 is 1.78. The van der Waals surface area contributed by atoms with Gasteiger partial charge in [-0.05, 0) is 37.3 Å². The van der Waals surface area contributed by atoms with Crippen LogP contribution in [-0.4, -0.2) is 44.9 Å². The lowest BCUT2D eigenvalue weighted by molar-refractivity contribution is 0.399. The molecule has 0 amide bonds. The van der Waals surface area contributed by atoms with E-state index < -0.39 is 0 Å². The lowest BCUT2D eigenvalue weighted by atomic mass is 10.2. The summed E-state index contributed by atoms with van der Waals surface area (Å²) in [5, 5.41) is 10.4. The SMILES string of the molecule is C/N=C(\SC)N1CCC[C@@H]1c1cn(-c2cccc(Cl)c2)nn1. The number of aliphatic imine (C=N–C) groups is 1. The fourth-order valence-corrected chi connectivity index (χ4v) is 3.63. The molecule has 0 spiro atoms. The summed E-state index contributed by atoms with van der Waals surface area (Å²) in [5.41, 5.74) is 1.90. The van der Waals surface area contributed by atoms with E-state index in [1.807, 2.05) is 37.5 Å². The van der Waals surface area contributed by atoms with Crippen LogP contribution in [0.4, 0.5) is 0 Å². The third-order valence-corrected chi connectivity index (χ3v) is 4.81. The lowest BCUT2D eigenvalue weighted by Crippen LogP contribution is -2.28. The Balaban J connectivity index is 1.87. The van der Waals surface area contributed by atoms with E-state index >= 15 is 0 Å². The van der Waals surface area contributed by atoms with E-state index in [0.29, 0.717) is 5.02 Å². The third-order valence-electron chi connectivity index (χ3n) is 3.80. The second-order valence-corrected chi connectivity index (χ2v) is 6.34. The molecule has 1 aromatic heterocycles. The molecule has 5 nitrogen and oxygen atoms in total. The van der Waals surface area contributed by atoms with Crippen molar-refractivity contribution in [2.24, 2.45) is 4.99 Å². The predicted octanol–water partition coefficient (Wildman–Crippen LogP) is 3.41. The average Bonchev–Trinajstić information content (AvgIpc) is 3.17. The molecule has 116 valence electrons. The Kier molecular flexibility index (Phi) is 4.69. The molecule has 7 heteroatoms. The van der Waals surface area contributed by atoms with Gasteiger partial charge in [-0.25, -0.2) is 4.68 Å². The van der Waals surface area contributed by atoms with Crippen molar-refractivity contribution in [1.29, 1.82) is 0 Å². The van der Waals surface area contributed by atoms with Gasteiger partial charge in [-0.3, -0.25) is 4.99 Å². The molecule has 1 aliphatic rings. The highest BCUT2D eigenvalue weighted by atomic mass is 35.5. The van der Waals surface area contributed by atoms with Gasteiger partial charge >= 0.3 is 0 Å². The number of hydrogen-bond acceptors (Lipinski definition) is 4. The van der Waals surface area contributed by atoms with Gasteiger partial charge in [0.1, 0.15) is 5.69 Å². The van der Waals surface area contributed by atoms with Crippen molar-refractivity contribution in [3.8, 4) is 5.69 Å². The number of nitrogens with zero attached hydrogens (tertiary/aromatic N) is 5. The first kappa shape index (κ1) is 15.4. The van der Waals surface area contributed by atoms with E-state index in [-0.39, 0.29) is 6.04 Å². The highest BCUT2D eigenvalue weighted by Crippen LogP contribution is 2.33. The summed E-state index contributed by atoms with van der Waals surface area (Å²) in [4.78, 5) is 6.69. The maximum atomic E-state index is 6.04. The largest absolute Gasteiger partial charge is 0.343 e. The van der Waals surface area contributed by atoms with E-state index in [1.54, 1.807) is 16.4 Å². The van der Waals surface area contributed by atoms with Gasteiger partial charge in [-0.2, -0.15) is 0 Å². The topological polar surface area (TPSA) is 46.3 Å². The number of hydrogen-bond donors (Lipinski definition) is 0. The van der Waals surface area contributed by atoms with Gasteiger partial charge in [0, 0.05) is 18.6 Å². The van der Waals surface area contributed by atoms with Crippen LogP contribution in [-0.2, 0) is 0 Å². The Hall–Kier alpha value is -1.53. The number of halogens is 1. The normalized spacial score (nSPS) is 19.0. The quantitative estimate of drug-likeness (QED) is 0.623. The maximum Gasteiger partial charge on any atom is 0.159 e. The maximum absolute atomic E-state index is 6.04. The molecule has 1 aromatic carbocycles. The van der Waals surface area contributed by atoms with Crippen molar-refractivity contribution in [3.63, 3.8) is 0 Å². The first-order valence-corrected chi connectivity index (χ1v) is 8.79. The van der Waals surface area contributed by atoms with Gasteiger partial charge in [-0.1, -0.05) is 34.6 Å². The minimum atomic E-state index is 0.249. The molecule has 1 fully saturated rings. The van der Waals surface area contributed by atoms with E-state index in [2.05, 4.69) is 26.5 Å². The van der Waals surface area contributed by atoms with Crippen LogP contribution in [0.1, 0.15) is 24.6 Å². The molecule has 0 radical (unpaired) electrons. The van der Waals surface area contributed by atoms with Gasteiger partial charge in [-0.15, -0.1) is 5.10 Å². The lowest BCUT2D eigenvalue weighted by Gasteiger charge is -2.24. The smallest absolute Gasteiger partial charge is 0.159 e. The molecule has 22 heavy (non-hydrogen) atoms. The van der Waals surface area contributed by atoms with Gasteiger partial charge in [0.05, 0.1) is 17.9 Å². The zero-order chi connectivity index (χ0) is 15.5. The number of aromatic nitrogens is 3. The zero-order valence-electron chi connectivity index (χ0n) is 12.6. The Morgan fingerprint density at radius 3 is 3.05 bits per heavy atom. The monoisotopic (exact) mass is 335 g/mol. The molecule has 0 unspecified atom stereocenters. The number of likely N-dealkylation sites (tertiary alicyclic amines) is 1. The number of rotatable bonds is 2. The first-order chi connectivity index (χ1) is 10.7. The summed E-state index contributed by atoms with van der Waals surface area (Å²) in [7, 11) is 1.84. The predicted molar refractivity (Wildman–Crippen MR) is 91.9 cm³/mol. The van der Waals surface area contributed by atoms with E-state index in [4.69, 9.17) is 11.6 Å². The molecule has 0 N–H and O–H groups in total. The van der Waals surface area contributed by atoms with Crippen LogP contribution in [0.2, 0.25) is 5.02 Å². The van der Waals surface area contributed by atoms with Crippen molar-refractivity contribution in [2.75, 3.05) is 19.8 Å². The number of thioether (sulfide) groups is 1. The highest BCUT2D eigenvalue weighted by Gasteiger charge is 2.30. The van der Waals surface area contributed by atoms with Crippen LogP contribution >= 0.6 is 23.4 Å². The molecule has 1 atom stereocenters. The highest BCUT2D eigenvalue weighted by molar-refractivity contribution is 8.13. The third kappa shape index (κ3) is 2.98. The molecular formula is C15H18ClN5S. The molecule has 0 aliphatic carbocycles. The van der Waals surface area contributed by atoms with E-state index in [9.17, 15) is 0 Å². The fraction of sp³-hybridized carbons (Fsp3) is 0.400. The van der Waals surface area contributed by atoms with Gasteiger partial charge in [0.25, 0.3) is 0 Å². The molecule has 1 saturated heterocycles. The Morgan fingerprint density at radius 2 is 2.32 bits per heavy atom. The second kappa shape index (κ2) is 6.71. The number of amidine groups is 1. The summed E-state index contributed by atoms with van der Waals surface area (Å²) in [6.07, 6.45) is 6.27. The van der Waals surface area contributed by atoms with Crippen LogP contribution in [0.25, 0.3) is 5.69 Å². The summed E-state index contributed by atoms with van der Waals surface area (Å²) in [6.45, 7) is 1.02. The number of benzene rings is 1. The van der Waals surface area contributed by atoms with Gasteiger partial charge < -0.3 is 4.90 Å². The van der Waals surface area contributed by atoms with Crippen molar-refractivity contribution in [3.05, 3.63) is 41.2 Å². The summed E-state index contributed by atoms with van der Waals surface area (Å²) in [5.74, 6) is 0. The molecule has 0 saturated carbocycles. The van der Waals surface area contributed by atoms with Crippen LogP contribution in [0, 0.1) is 0 Å². The van der Waals surface area contributed by atoms with Crippen molar-refractivity contribution in [2.45, 2.75) is 18.9 Å². The van der Waals surface area contributed by atoms with Gasteiger partial charge in [0.2, 0.25) is 0 Å². The molecular weight excluding hydrogens is 318 g/mol. The molecule has 2 heterocycles. The molecule has 2 aromatic rings. The Bertz CT molecular complexity index is 684. The summed E-state index contributed by atoms with van der Waals surface area (Å²) in [6, 6.07) is 7.87. The minimum Gasteiger partial charge on any atom is -0.343 e. The van der Waals surface area contributed by atoms with E-state index in [1.165, 1.54) is 0 Å². The molecule has 1 aliphatic heterocycles. The van der Waals surface area contributed by atoms with Crippen LogP contribution < -0.4 is 0 Å². The zero-order valence-corrected chi connectivity index (χ0v) is 14.2. The average molecular weight is 336 g/mol. The van der Waals surface area contributed by atoms with Crippen molar-refractivity contribution in [1.82, 2.24) is 19.9 Å². The second-order valence-electron chi connectivity index (χ2n) is 5.13. The van der Waals surface area contributed by atoms with E-state index in [0.717, 1.165) is 35.9 Å². The first-order valence-electron chi connectivity index (χ1n) is 7.18. The Morgan fingerprint density at radius 1 is 1.45 bits per heavy atom.